The summed E-state index contributed by atoms with van der Waals surface area (Å²) in [7, 11) is 0. The summed E-state index contributed by atoms with van der Waals surface area (Å²) in [5.41, 5.74) is 12.5. The monoisotopic (exact) mass is 1330 g/mol. The van der Waals surface area contributed by atoms with Crippen molar-refractivity contribution < 1.29 is 40.2 Å². The second kappa shape index (κ2) is 24.4. The number of benzene rings is 14. The topological polar surface area (TPSA) is 24.9 Å². The third-order valence-electron chi connectivity index (χ3n) is 19.9. The molecule has 0 saturated heterocycles. The average molecular weight is 1330 g/mol. The Morgan fingerprint density at radius 3 is 1.34 bits per heavy atom. The first-order valence-corrected chi connectivity index (χ1v) is 32.8. The van der Waals surface area contributed by atoms with Gasteiger partial charge in [0, 0.05) is 28.3 Å². The molecule has 3 aliphatic rings. The van der Waals surface area contributed by atoms with Gasteiger partial charge in [-0.3, -0.25) is 0 Å². The van der Waals surface area contributed by atoms with Gasteiger partial charge < -0.3 is 19.3 Å². The van der Waals surface area contributed by atoms with E-state index in [0.29, 0.717) is 67.8 Å². The summed E-state index contributed by atoms with van der Waals surface area (Å²) in [6.07, 6.45) is 3.49. The van der Waals surface area contributed by atoms with Crippen LogP contribution in [0, 0.1) is 40.7 Å². The van der Waals surface area contributed by atoms with Gasteiger partial charge in [-0.2, -0.15) is 0 Å². The molecule has 0 N–H and O–H groups in total. The summed E-state index contributed by atoms with van der Waals surface area (Å²) in [6, 6.07) is 87.1. The first-order valence-electron chi connectivity index (χ1n) is 32.8. The Morgan fingerprint density at radius 2 is 0.743 bits per heavy atom. The smallest absolute Gasteiger partial charge is 0.185 e. The molecule has 2 aliphatic carbocycles. The fourth-order valence-corrected chi connectivity index (χ4v) is 15.4. The van der Waals surface area contributed by atoms with Crippen molar-refractivity contribution in [1.29, 1.82) is 0 Å². The molecular formula is C90H55F7N2O2. The van der Waals surface area contributed by atoms with Crippen molar-refractivity contribution in [2.75, 3.05) is 9.80 Å². The molecule has 0 fully saturated rings. The van der Waals surface area contributed by atoms with Gasteiger partial charge in [-0.1, -0.05) is 177 Å². The highest BCUT2D eigenvalue weighted by Crippen LogP contribution is 2.62. The second-order valence-electron chi connectivity index (χ2n) is 25.3. The van der Waals surface area contributed by atoms with E-state index < -0.39 is 57.2 Å². The van der Waals surface area contributed by atoms with E-state index in [0.717, 1.165) is 85.0 Å². The lowest BCUT2D eigenvalue weighted by Crippen LogP contribution is -2.29. The van der Waals surface area contributed by atoms with Gasteiger partial charge in [0.1, 0.15) is 46.1 Å². The van der Waals surface area contributed by atoms with Gasteiger partial charge in [0.25, 0.3) is 0 Å². The molecular weight excluding hydrogens is 1270 g/mol. The van der Waals surface area contributed by atoms with Crippen LogP contribution in [0.1, 0.15) is 55.6 Å². The van der Waals surface area contributed by atoms with Crippen LogP contribution in [0.15, 0.2) is 310 Å². The Bertz CT molecular complexity index is 5650. The Morgan fingerprint density at radius 1 is 0.317 bits per heavy atom. The van der Waals surface area contributed by atoms with E-state index in [1.54, 1.807) is 77.7 Å². The number of anilines is 6. The maximum Gasteiger partial charge on any atom is 0.185 e. The van der Waals surface area contributed by atoms with Gasteiger partial charge in [-0.25, -0.2) is 30.7 Å². The summed E-state index contributed by atoms with van der Waals surface area (Å²) in [6.45, 7) is 7.74. The van der Waals surface area contributed by atoms with Crippen LogP contribution >= 0.6 is 0 Å². The zero-order chi connectivity index (χ0) is 68.8. The number of hydrogen-bond donors (Lipinski definition) is 0. The van der Waals surface area contributed by atoms with Crippen LogP contribution in [-0.4, -0.2) is 0 Å². The minimum absolute atomic E-state index is 0.0742. The molecule has 2 bridgehead atoms. The van der Waals surface area contributed by atoms with E-state index in [4.69, 9.17) is 9.47 Å². The molecule has 14 aromatic rings. The third kappa shape index (κ3) is 9.97. The Balaban J connectivity index is 0.788. The molecule has 0 radical (unpaired) electrons. The Hall–Kier alpha value is -12.7. The molecule has 2 atom stereocenters. The molecule has 1 aliphatic heterocycles. The highest BCUT2D eigenvalue weighted by molar-refractivity contribution is 5.98. The largest absolute Gasteiger partial charge is 0.457 e. The number of fused-ring (bicyclic) bond motifs is 11. The maximum atomic E-state index is 17.7. The summed E-state index contributed by atoms with van der Waals surface area (Å²) < 4.78 is 127. The third-order valence-corrected chi connectivity index (χ3v) is 19.9. The zero-order valence-corrected chi connectivity index (χ0v) is 53.7. The van der Waals surface area contributed by atoms with E-state index in [9.17, 15) is 0 Å². The lowest BCUT2D eigenvalue weighted by molar-refractivity contribution is 0.482. The molecule has 0 spiro atoms. The fourth-order valence-electron chi connectivity index (χ4n) is 15.4. The summed E-state index contributed by atoms with van der Waals surface area (Å²) in [4.78, 5) is 3.07. The Labute approximate surface area is 578 Å². The summed E-state index contributed by atoms with van der Waals surface area (Å²) in [5.74, 6) is -4.59. The zero-order valence-electron chi connectivity index (χ0n) is 53.7. The van der Waals surface area contributed by atoms with Crippen LogP contribution in [0.4, 0.5) is 64.9 Å². The number of halogens is 7. The van der Waals surface area contributed by atoms with Crippen molar-refractivity contribution in [3.63, 3.8) is 0 Å². The predicted octanol–water partition coefficient (Wildman–Crippen LogP) is 24.8. The molecule has 0 amide bonds. The number of hydrogen-bond acceptors (Lipinski definition) is 4. The Kier molecular flexibility index (Phi) is 14.9. The minimum Gasteiger partial charge on any atom is -0.457 e. The molecule has 4 nitrogen and oxygen atoms in total. The van der Waals surface area contributed by atoms with Gasteiger partial charge in [-0.15, -0.1) is 0 Å². The van der Waals surface area contributed by atoms with Crippen molar-refractivity contribution in [3.05, 3.63) is 407 Å². The summed E-state index contributed by atoms with van der Waals surface area (Å²) in [5, 5.41) is 0. The molecule has 101 heavy (non-hydrogen) atoms. The highest BCUT2D eigenvalue weighted by Gasteiger charge is 2.50. The molecule has 1 heterocycles. The quantitative estimate of drug-likeness (QED) is 0.0800. The van der Waals surface area contributed by atoms with Crippen molar-refractivity contribution in [3.8, 4) is 67.5 Å². The van der Waals surface area contributed by atoms with Crippen molar-refractivity contribution in [2.24, 2.45) is 0 Å². The molecule has 0 aromatic heterocycles. The molecule has 0 saturated carbocycles. The lowest BCUT2D eigenvalue weighted by Gasteiger charge is -2.35. The van der Waals surface area contributed by atoms with Gasteiger partial charge in [0.05, 0.1) is 16.5 Å². The normalized spacial score (nSPS) is 15.0. The van der Waals surface area contributed by atoms with Gasteiger partial charge in [-0.05, 0) is 240 Å². The second-order valence-corrected chi connectivity index (χ2v) is 25.3. The van der Waals surface area contributed by atoms with E-state index >= 15 is 30.7 Å². The number of nitrogens with zero attached hydrogens (tertiary/aromatic N) is 2. The standard InChI is InChI=1S/C90H55F7N2O2/c1-3-54-13-37-67(38-14-54)100-69-41-25-59(26-42-69)89(58-21-27-61(91)28-22-58)77-11-7-5-9-71(77)73-44-36-66(51-80(73)89)99(88-84(95)50-49-83(94)86(88)97)64-33-19-57(20-34-64)56-17-31-63(32-18-56)98-65-35-45-74-72-10-6-8-12-78(72)90(81(74)52-65,60-23-29-62(92)30-24-60)79-47-43-70(101-68-39-15-55(4-2)16-40-68)53-76(79)75-46-48-82(93)85(96)87(75)98/h3-53H,1-2H2. The number of ether oxygens (including phenoxy) is 2. The maximum absolute atomic E-state index is 17.7. The van der Waals surface area contributed by atoms with Crippen LogP contribution in [-0.2, 0) is 10.8 Å². The first kappa shape index (κ1) is 61.8. The lowest BCUT2D eigenvalue weighted by atomic mass is 9.66. The fraction of sp³-hybridized carbons (Fsp3) is 0.0222. The summed E-state index contributed by atoms with van der Waals surface area (Å²) >= 11 is 0. The van der Waals surface area contributed by atoms with Gasteiger partial charge >= 0.3 is 0 Å². The van der Waals surface area contributed by atoms with E-state index in [1.807, 2.05) is 182 Å². The molecule has 11 heteroatoms. The van der Waals surface area contributed by atoms with Gasteiger partial charge in [0.2, 0.25) is 0 Å². The van der Waals surface area contributed by atoms with Crippen LogP contribution < -0.4 is 19.3 Å². The molecule has 486 valence electrons. The van der Waals surface area contributed by atoms with Crippen LogP contribution in [0.2, 0.25) is 0 Å². The van der Waals surface area contributed by atoms with Crippen molar-refractivity contribution in [1.82, 2.24) is 0 Å². The SMILES string of the molecule is C=Cc1ccc(Oc2ccc(C3(c4ccc(F)cc4)c4ccccc4-c4ccc(N(c5ccc(-c6ccc(N7c8ccc9c(c8)C(c8ccc(F)cc8)(c8ccccc8-9)c8ccc(Oc9ccc(C=C)cc9)cc8-c8ccc(F)c(F)c87)cc6)cc5)c5c(F)ccc(F)c5F)cc43)cc2)cc1. The van der Waals surface area contributed by atoms with Crippen molar-refractivity contribution in [2.45, 2.75) is 10.8 Å². The number of rotatable bonds is 14. The minimum atomic E-state index is -1.41. The van der Waals surface area contributed by atoms with E-state index in [-0.39, 0.29) is 17.1 Å². The van der Waals surface area contributed by atoms with Crippen molar-refractivity contribution >= 4 is 46.3 Å². The van der Waals surface area contributed by atoms with Crippen LogP contribution in [0.3, 0.4) is 0 Å². The van der Waals surface area contributed by atoms with Crippen LogP contribution in [0.25, 0.3) is 56.7 Å². The van der Waals surface area contributed by atoms with E-state index in [1.165, 1.54) is 29.2 Å². The predicted molar refractivity (Wildman–Crippen MR) is 388 cm³/mol. The van der Waals surface area contributed by atoms with E-state index in [2.05, 4.69) is 25.3 Å². The average Bonchev–Trinajstić information content (AvgIpc) is 1.54. The highest BCUT2D eigenvalue weighted by atomic mass is 19.2. The molecule has 14 aromatic carbocycles. The molecule has 2 unspecified atom stereocenters. The van der Waals surface area contributed by atoms with Crippen LogP contribution in [0.5, 0.6) is 23.0 Å². The molecule has 17 rings (SSSR count). The first-order chi connectivity index (χ1) is 49.3. The van der Waals surface area contributed by atoms with Gasteiger partial charge in [0.15, 0.2) is 23.3 Å².